The van der Waals surface area contributed by atoms with Crippen molar-refractivity contribution in [1.29, 1.82) is 0 Å². The molecule has 0 saturated carbocycles. The molecule has 2 aromatic heterocycles. The van der Waals surface area contributed by atoms with E-state index in [0.717, 1.165) is 22.1 Å². The van der Waals surface area contributed by atoms with Gasteiger partial charge in [0.05, 0.1) is 11.0 Å². The second kappa shape index (κ2) is 6.19. The van der Waals surface area contributed by atoms with Crippen LogP contribution in [0, 0.1) is 0 Å². The van der Waals surface area contributed by atoms with Crippen molar-refractivity contribution in [3.8, 4) is 0 Å². The van der Waals surface area contributed by atoms with Crippen LogP contribution in [0.4, 0.5) is 4.79 Å². The summed E-state index contributed by atoms with van der Waals surface area (Å²) in [5, 5.41) is 19.1. The van der Waals surface area contributed by atoms with E-state index in [9.17, 15) is 4.79 Å². The molecule has 0 unspecified atom stereocenters. The van der Waals surface area contributed by atoms with Gasteiger partial charge in [-0.25, -0.2) is 14.2 Å². The van der Waals surface area contributed by atoms with Gasteiger partial charge in [-0.3, -0.25) is 0 Å². The summed E-state index contributed by atoms with van der Waals surface area (Å²) in [6.07, 6.45) is 0. The molecule has 0 fully saturated rings. The van der Waals surface area contributed by atoms with Gasteiger partial charge < -0.3 is 10.2 Å². The van der Waals surface area contributed by atoms with E-state index in [1.165, 1.54) is 4.90 Å². The average Bonchev–Trinajstić information content (AvgIpc) is 3.24. The zero-order chi connectivity index (χ0) is 17.2. The van der Waals surface area contributed by atoms with Gasteiger partial charge in [0.2, 0.25) is 0 Å². The number of para-hydroxylation sites is 2. The lowest BCUT2D eigenvalue weighted by molar-refractivity contribution is 0.191. The van der Waals surface area contributed by atoms with E-state index >= 15 is 0 Å². The molecular weight excluding hydrogens is 320 g/mol. The Kier molecular flexibility index (Phi) is 3.73. The predicted octanol–water partition coefficient (Wildman–Crippen LogP) is 1.43. The third kappa shape index (κ3) is 2.87. The van der Waals surface area contributed by atoms with Crippen molar-refractivity contribution >= 4 is 28.1 Å². The lowest BCUT2D eigenvalue weighted by Gasteiger charge is -2.18. The minimum atomic E-state index is -0.237. The summed E-state index contributed by atoms with van der Waals surface area (Å²) < 4.78 is 3.33. The molecule has 0 spiro atoms. The van der Waals surface area contributed by atoms with Crippen LogP contribution in [-0.2, 0) is 13.3 Å². The number of carbonyl (C=O) groups excluding carboxylic acids is 1. The molecule has 0 aliphatic heterocycles. The minimum absolute atomic E-state index is 0.237. The number of fused-ring (bicyclic) bond motifs is 2. The van der Waals surface area contributed by atoms with Crippen LogP contribution in [0.25, 0.3) is 22.1 Å². The van der Waals surface area contributed by atoms with Gasteiger partial charge in [0, 0.05) is 7.05 Å². The van der Waals surface area contributed by atoms with E-state index in [1.54, 1.807) is 16.4 Å². The van der Waals surface area contributed by atoms with Gasteiger partial charge >= 0.3 is 6.03 Å². The van der Waals surface area contributed by atoms with Crippen molar-refractivity contribution in [3.63, 3.8) is 0 Å². The number of nitrogens with zero attached hydrogens (tertiary/aromatic N) is 7. The predicted molar refractivity (Wildman–Crippen MR) is 91.4 cm³/mol. The van der Waals surface area contributed by atoms with Gasteiger partial charge in [-0.05, 0) is 24.3 Å². The molecule has 0 radical (unpaired) electrons. The van der Waals surface area contributed by atoms with Crippen molar-refractivity contribution in [3.05, 3.63) is 48.5 Å². The summed E-state index contributed by atoms with van der Waals surface area (Å²) in [6.45, 7) is 0.534. The Balaban J connectivity index is 1.42. The number of urea groups is 1. The quantitative estimate of drug-likeness (QED) is 0.608. The van der Waals surface area contributed by atoms with E-state index < -0.39 is 0 Å². The molecule has 25 heavy (non-hydrogen) atoms. The molecule has 2 amide bonds. The first-order valence-electron chi connectivity index (χ1n) is 7.78. The normalized spacial score (nSPS) is 11.1. The molecule has 9 heteroatoms. The summed E-state index contributed by atoms with van der Waals surface area (Å²) in [5.74, 6) is 0. The number of carbonyl (C=O) groups is 1. The third-order valence-corrected chi connectivity index (χ3v) is 3.91. The Morgan fingerprint density at radius 2 is 1.52 bits per heavy atom. The van der Waals surface area contributed by atoms with Crippen molar-refractivity contribution in [1.82, 2.24) is 40.2 Å². The van der Waals surface area contributed by atoms with E-state index in [2.05, 4.69) is 25.9 Å². The highest BCUT2D eigenvalue weighted by molar-refractivity contribution is 5.76. The summed E-state index contributed by atoms with van der Waals surface area (Å²) in [5.41, 5.74) is 3.33. The first-order valence-corrected chi connectivity index (χ1v) is 7.78. The number of nitrogens with one attached hydrogen (secondary N) is 1. The summed E-state index contributed by atoms with van der Waals surface area (Å²) in [6, 6.07) is 15.0. The monoisotopic (exact) mass is 336 g/mol. The van der Waals surface area contributed by atoms with E-state index in [-0.39, 0.29) is 12.7 Å². The van der Waals surface area contributed by atoms with Gasteiger partial charge in [0.25, 0.3) is 0 Å². The molecule has 126 valence electrons. The fourth-order valence-corrected chi connectivity index (χ4v) is 2.60. The zero-order valence-corrected chi connectivity index (χ0v) is 13.6. The fraction of sp³-hybridized carbons (Fsp3) is 0.188. The van der Waals surface area contributed by atoms with Gasteiger partial charge in [-0.15, -0.1) is 10.2 Å². The molecule has 9 nitrogen and oxygen atoms in total. The van der Waals surface area contributed by atoms with Crippen LogP contribution in [0.1, 0.15) is 0 Å². The number of hydrogen-bond acceptors (Lipinski definition) is 5. The third-order valence-electron chi connectivity index (χ3n) is 3.91. The van der Waals surface area contributed by atoms with Gasteiger partial charge in [0.1, 0.15) is 24.4 Å². The zero-order valence-electron chi connectivity index (χ0n) is 13.6. The standard InChI is InChI=1S/C16H16N8O/c1-22(11-24-15-9-5-3-7-13(15)19-21-24)16(25)17-10-23-14-8-4-2-6-12(14)18-20-23/h2-9H,10-11H2,1H3,(H,17,25). The van der Waals surface area contributed by atoms with Crippen molar-refractivity contribution in [2.24, 2.45) is 0 Å². The molecular formula is C16H16N8O. The van der Waals surface area contributed by atoms with Crippen LogP contribution >= 0.6 is 0 Å². The molecule has 0 atom stereocenters. The van der Waals surface area contributed by atoms with Crippen LogP contribution in [0.2, 0.25) is 0 Å². The lowest BCUT2D eigenvalue weighted by atomic mass is 10.3. The molecule has 1 N–H and O–H groups in total. The molecule has 2 aromatic carbocycles. The van der Waals surface area contributed by atoms with Crippen LogP contribution in [-0.4, -0.2) is 48.0 Å². The van der Waals surface area contributed by atoms with Gasteiger partial charge in [-0.2, -0.15) is 0 Å². The van der Waals surface area contributed by atoms with Crippen molar-refractivity contribution in [2.75, 3.05) is 7.05 Å². The highest BCUT2D eigenvalue weighted by Crippen LogP contribution is 2.10. The maximum Gasteiger partial charge on any atom is 0.320 e. The van der Waals surface area contributed by atoms with Crippen LogP contribution in [0.15, 0.2) is 48.5 Å². The van der Waals surface area contributed by atoms with Crippen molar-refractivity contribution in [2.45, 2.75) is 13.3 Å². The second-order valence-electron chi connectivity index (χ2n) is 5.63. The van der Waals surface area contributed by atoms with E-state index in [4.69, 9.17) is 0 Å². The lowest BCUT2D eigenvalue weighted by Crippen LogP contribution is -2.39. The maximum absolute atomic E-state index is 12.3. The average molecular weight is 336 g/mol. The van der Waals surface area contributed by atoms with Gasteiger partial charge in [-0.1, -0.05) is 34.7 Å². The highest BCUT2D eigenvalue weighted by Gasteiger charge is 2.12. The molecule has 0 aliphatic rings. The summed E-state index contributed by atoms with van der Waals surface area (Å²) in [7, 11) is 1.70. The topological polar surface area (TPSA) is 93.8 Å². The fourth-order valence-electron chi connectivity index (χ4n) is 2.60. The minimum Gasteiger partial charge on any atom is -0.318 e. The molecule has 0 saturated heterocycles. The van der Waals surface area contributed by atoms with Crippen LogP contribution in [0.3, 0.4) is 0 Å². The van der Waals surface area contributed by atoms with Crippen molar-refractivity contribution < 1.29 is 4.79 Å². The number of rotatable bonds is 4. The Hall–Kier alpha value is -3.49. The molecule has 0 bridgehead atoms. The number of hydrogen-bond donors (Lipinski definition) is 1. The summed E-state index contributed by atoms with van der Waals surface area (Å²) >= 11 is 0. The first-order chi connectivity index (χ1) is 12.2. The number of aromatic nitrogens is 6. The smallest absolute Gasteiger partial charge is 0.318 e. The largest absolute Gasteiger partial charge is 0.320 e. The Bertz CT molecular complexity index is 1040. The Morgan fingerprint density at radius 1 is 0.960 bits per heavy atom. The molecule has 4 aromatic rings. The SMILES string of the molecule is CN(Cn1nnc2ccccc21)C(=O)NCn1nnc2ccccc21. The maximum atomic E-state index is 12.3. The Labute approximate surface area is 142 Å². The number of benzene rings is 2. The molecule has 4 rings (SSSR count). The van der Waals surface area contributed by atoms with Crippen LogP contribution < -0.4 is 5.32 Å². The van der Waals surface area contributed by atoms with E-state index in [0.29, 0.717) is 6.67 Å². The van der Waals surface area contributed by atoms with Gasteiger partial charge in [0.15, 0.2) is 0 Å². The summed E-state index contributed by atoms with van der Waals surface area (Å²) in [4.78, 5) is 13.9. The number of amides is 2. The first kappa shape index (κ1) is 15.1. The molecule has 0 aliphatic carbocycles. The Morgan fingerprint density at radius 3 is 2.20 bits per heavy atom. The second-order valence-corrected chi connectivity index (χ2v) is 5.63. The van der Waals surface area contributed by atoms with Crippen LogP contribution in [0.5, 0.6) is 0 Å². The highest BCUT2D eigenvalue weighted by atomic mass is 16.2. The van der Waals surface area contributed by atoms with E-state index in [1.807, 2.05) is 48.5 Å². The molecule has 2 heterocycles.